The molecular formula is C54H33N9. The Hall–Kier alpha value is -8.82. The molecule has 0 saturated carbocycles. The third kappa shape index (κ3) is 5.57. The molecule has 0 N–H and O–H groups in total. The number of pyridine rings is 3. The fraction of sp³-hybridized carbons (Fsp3) is 0. The third-order valence-electron chi connectivity index (χ3n) is 12.0. The molecule has 0 unspecified atom stereocenters. The van der Waals surface area contributed by atoms with E-state index < -0.39 is 0 Å². The van der Waals surface area contributed by atoms with Crippen molar-refractivity contribution in [3.05, 3.63) is 201 Å². The highest BCUT2D eigenvalue weighted by molar-refractivity contribution is 5.96. The highest BCUT2D eigenvalue weighted by Gasteiger charge is 2.24. The molecule has 0 fully saturated rings. The van der Waals surface area contributed by atoms with Gasteiger partial charge in [0.15, 0.2) is 16.9 Å². The van der Waals surface area contributed by atoms with Crippen LogP contribution < -0.4 is 0 Å². The maximum atomic E-state index is 5.38. The maximum absolute atomic E-state index is 5.38. The van der Waals surface area contributed by atoms with Gasteiger partial charge in [0.1, 0.15) is 34.0 Å². The maximum Gasteiger partial charge on any atom is 0.164 e. The largest absolute Gasteiger partial charge is 0.277 e. The second kappa shape index (κ2) is 13.9. The third-order valence-corrected chi connectivity index (χ3v) is 12.0. The minimum absolute atomic E-state index is 0.735. The Morgan fingerprint density at radius 3 is 1.22 bits per heavy atom. The summed E-state index contributed by atoms with van der Waals surface area (Å²) in [4.78, 5) is 30.9. The molecule has 13 rings (SSSR count). The Balaban J connectivity index is 1.15. The molecule has 0 radical (unpaired) electrons. The zero-order chi connectivity index (χ0) is 41.4. The highest BCUT2D eigenvalue weighted by Crippen LogP contribution is 2.40. The van der Waals surface area contributed by atoms with Crippen molar-refractivity contribution in [1.82, 2.24) is 43.6 Å². The summed E-state index contributed by atoms with van der Waals surface area (Å²) in [5, 5.41) is 6.72. The summed E-state index contributed by atoms with van der Waals surface area (Å²) in [6.07, 6.45) is 5.48. The molecule has 6 aromatic heterocycles. The molecule has 0 spiro atoms. The average molecular weight is 808 g/mol. The van der Waals surface area contributed by atoms with E-state index in [-0.39, 0.29) is 0 Å². The van der Waals surface area contributed by atoms with Crippen LogP contribution in [0.25, 0.3) is 117 Å². The first-order valence-electron chi connectivity index (χ1n) is 20.9. The predicted octanol–water partition coefficient (Wildman–Crippen LogP) is 12.3. The Morgan fingerprint density at radius 2 is 0.714 bits per heavy atom. The van der Waals surface area contributed by atoms with Crippen molar-refractivity contribution in [2.45, 2.75) is 0 Å². The normalized spacial score (nSPS) is 11.8. The molecular weight excluding hydrogens is 775 g/mol. The minimum Gasteiger partial charge on any atom is -0.277 e. The van der Waals surface area contributed by atoms with Gasteiger partial charge in [-0.3, -0.25) is 13.7 Å². The Bertz CT molecular complexity index is 3760. The van der Waals surface area contributed by atoms with Crippen LogP contribution in [0.3, 0.4) is 0 Å². The zero-order valence-corrected chi connectivity index (χ0v) is 33.6. The van der Waals surface area contributed by atoms with E-state index in [0.717, 1.165) is 117 Å². The summed E-state index contributed by atoms with van der Waals surface area (Å²) < 4.78 is 6.53. The van der Waals surface area contributed by atoms with E-state index in [1.165, 1.54) is 0 Å². The second-order valence-corrected chi connectivity index (χ2v) is 15.7. The quantitative estimate of drug-likeness (QED) is 0.166. The molecule has 294 valence electrons. The van der Waals surface area contributed by atoms with Crippen LogP contribution in [0.2, 0.25) is 0 Å². The van der Waals surface area contributed by atoms with Crippen molar-refractivity contribution >= 4 is 65.8 Å². The summed E-state index contributed by atoms with van der Waals surface area (Å²) in [5.41, 5.74) is 10.1. The molecule has 0 aliphatic rings. The molecule has 6 heterocycles. The van der Waals surface area contributed by atoms with E-state index in [2.05, 4.69) is 159 Å². The average Bonchev–Trinajstić information content (AvgIpc) is 4.06. The van der Waals surface area contributed by atoms with Crippen molar-refractivity contribution in [2.75, 3.05) is 0 Å². The minimum atomic E-state index is 0.735. The summed E-state index contributed by atoms with van der Waals surface area (Å²) in [7, 11) is 0. The zero-order valence-electron chi connectivity index (χ0n) is 33.6. The topological polar surface area (TPSA) is 92.1 Å². The molecule has 0 aliphatic carbocycles. The fourth-order valence-corrected chi connectivity index (χ4v) is 9.16. The number of hydrogen-bond acceptors (Lipinski definition) is 6. The monoisotopic (exact) mass is 807 g/mol. The number of imidazole rings is 3. The molecule has 0 amide bonds. The van der Waals surface area contributed by atoms with E-state index in [0.29, 0.717) is 0 Å². The van der Waals surface area contributed by atoms with Gasteiger partial charge in [-0.2, -0.15) is 0 Å². The summed E-state index contributed by atoms with van der Waals surface area (Å²) in [5.74, 6) is 2.21. The predicted molar refractivity (Wildman–Crippen MR) is 253 cm³/mol. The van der Waals surface area contributed by atoms with E-state index in [4.69, 9.17) is 29.9 Å². The lowest BCUT2D eigenvalue weighted by atomic mass is 10.0. The molecule has 0 atom stereocenters. The number of hydrogen-bond donors (Lipinski definition) is 0. The van der Waals surface area contributed by atoms with E-state index in [9.17, 15) is 0 Å². The van der Waals surface area contributed by atoms with Gasteiger partial charge < -0.3 is 0 Å². The van der Waals surface area contributed by atoms with Crippen molar-refractivity contribution in [1.29, 1.82) is 0 Å². The van der Waals surface area contributed by atoms with Crippen LogP contribution >= 0.6 is 0 Å². The van der Waals surface area contributed by atoms with E-state index in [1.54, 1.807) is 0 Å². The molecule has 13 aromatic rings. The van der Waals surface area contributed by atoms with Gasteiger partial charge in [0.05, 0.1) is 11.4 Å². The van der Waals surface area contributed by atoms with Crippen molar-refractivity contribution in [3.63, 3.8) is 0 Å². The van der Waals surface area contributed by atoms with Crippen molar-refractivity contribution < 1.29 is 0 Å². The number of aromatic nitrogens is 9. The smallest absolute Gasteiger partial charge is 0.164 e. The van der Waals surface area contributed by atoms with Gasteiger partial charge >= 0.3 is 0 Å². The highest BCUT2D eigenvalue weighted by atomic mass is 15.2. The molecule has 63 heavy (non-hydrogen) atoms. The number of fused-ring (bicyclic) bond motifs is 6. The number of nitrogens with zero attached hydrogens (tertiary/aromatic N) is 9. The molecule has 7 aromatic carbocycles. The van der Waals surface area contributed by atoms with Gasteiger partial charge in [0.2, 0.25) is 0 Å². The fourth-order valence-electron chi connectivity index (χ4n) is 9.16. The Morgan fingerprint density at radius 1 is 0.302 bits per heavy atom. The molecule has 9 heteroatoms. The molecule has 0 aliphatic heterocycles. The molecule has 0 bridgehead atoms. The summed E-state index contributed by atoms with van der Waals surface area (Å²) in [6.45, 7) is 0. The van der Waals surface area contributed by atoms with Gasteiger partial charge in [-0.1, -0.05) is 103 Å². The van der Waals surface area contributed by atoms with Gasteiger partial charge in [-0.05, 0) is 100 Å². The van der Waals surface area contributed by atoms with Crippen LogP contribution in [0.1, 0.15) is 0 Å². The Kier molecular flexibility index (Phi) is 7.70. The summed E-state index contributed by atoms with van der Waals surface area (Å²) >= 11 is 0. The van der Waals surface area contributed by atoms with Crippen molar-refractivity contribution in [3.8, 4) is 51.2 Å². The second-order valence-electron chi connectivity index (χ2n) is 15.7. The number of rotatable bonds is 6. The van der Waals surface area contributed by atoms with Gasteiger partial charge in [-0.25, -0.2) is 29.9 Å². The first kappa shape index (κ1) is 35.0. The number of benzene rings is 7. The first-order valence-corrected chi connectivity index (χ1v) is 20.9. The van der Waals surface area contributed by atoms with Crippen LogP contribution in [0.4, 0.5) is 0 Å². The van der Waals surface area contributed by atoms with Crippen LogP contribution in [0.5, 0.6) is 0 Å². The van der Waals surface area contributed by atoms with Crippen molar-refractivity contribution in [2.24, 2.45) is 0 Å². The SMILES string of the molecule is c1ccc2cc(-n3c(-c4cc(-c5nc6cccnc6n5-c5cccc6ccccc56)cc(-c5nc6cccnc6n5-c5cccc6ccccc56)c4)nc4cccnc43)ccc2c1. The van der Waals surface area contributed by atoms with Crippen LogP contribution in [0.15, 0.2) is 201 Å². The van der Waals surface area contributed by atoms with Crippen LogP contribution in [0, 0.1) is 0 Å². The van der Waals surface area contributed by atoms with Gasteiger partial charge in [-0.15, -0.1) is 0 Å². The lowest BCUT2D eigenvalue weighted by molar-refractivity contribution is 1.07. The Labute approximate surface area is 359 Å². The standard InChI is InChI=1S/C54H33N9/c1-2-15-37-33-41(26-25-34(37)12-1)61-49(58-44-20-9-27-55-52(44)61)38-30-39(50-59-45-21-10-28-56-53(45)62(50)47-23-7-16-35-13-3-5-18-42(35)47)32-40(31-38)51-60-46-22-11-29-57-54(46)63(51)48-24-8-17-36-14-4-6-19-43(36)48/h1-33H. The van der Waals surface area contributed by atoms with E-state index in [1.807, 2.05) is 55.0 Å². The first-order chi connectivity index (χ1) is 31.2. The van der Waals surface area contributed by atoms with Crippen LogP contribution in [-0.2, 0) is 0 Å². The summed E-state index contributed by atoms with van der Waals surface area (Å²) in [6, 6.07) is 63.0. The van der Waals surface area contributed by atoms with Gasteiger partial charge in [0, 0.05) is 51.7 Å². The van der Waals surface area contributed by atoms with Crippen LogP contribution in [-0.4, -0.2) is 43.6 Å². The van der Waals surface area contributed by atoms with E-state index >= 15 is 0 Å². The lowest BCUT2D eigenvalue weighted by Crippen LogP contribution is -2.03. The lowest BCUT2D eigenvalue weighted by Gasteiger charge is -2.16. The molecule has 9 nitrogen and oxygen atoms in total. The van der Waals surface area contributed by atoms with Gasteiger partial charge in [0.25, 0.3) is 0 Å². The molecule has 0 saturated heterocycles.